The number of benzene rings is 1. The van der Waals surface area contributed by atoms with Crippen molar-refractivity contribution in [1.29, 1.82) is 0 Å². The highest BCUT2D eigenvalue weighted by molar-refractivity contribution is 7.79. The minimum Gasteiger partial charge on any atom is -0.772 e. The van der Waals surface area contributed by atoms with Crippen molar-refractivity contribution in [2.45, 2.75) is 39.5 Å². The van der Waals surface area contributed by atoms with E-state index < -0.39 is 11.1 Å². The molecule has 0 aliphatic heterocycles. The van der Waals surface area contributed by atoms with E-state index in [0.29, 0.717) is 23.8 Å². The van der Waals surface area contributed by atoms with Crippen molar-refractivity contribution in [1.82, 2.24) is 9.66 Å². The molecular weight excluding hydrogens is 408 g/mol. The average Bonchev–Trinajstić information content (AvgIpc) is 3.06. The van der Waals surface area contributed by atoms with Crippen LogP contribution in [0.25, 0.3) is 11.3 Å². The molecule has 2 rings (SSSR count). The summed E-state index contributed by atoms with van der Waals surface area (Å²) in [5.41, 5.74) is 5.06. The molecule has 0 spiro atoms. The Morgan fingerprint density at radius 1 is 1.48 bits per heavy atom. The van der Waals surface area contributed by atoms with E-state index in [9.17, 15) is 8.76 Å². The number of hydrogen-bond acceptors (Lipinski definition) is 4. The first-order valence-corrected chi connectivity index (χ1v) is 11.4. The van der Waals surface area contributed by atoms with E-state index >= 15 is 0 Å². The molecule has 1 heterocycles. The van der Waals surface area contributed by atoms with Gasteiger partial charge in [0.2, 0.25) is 0 Å². The number of aliphatic imine (C=N–C) groups is 1. The summed E-state index contributed by atoms with van der Waals surface area (Å²) in [5, 5.41) is 0.653. The topological polar surface area (TPSA) is 82.3 Å². The van der Waals surface area contributed by atoms with Crippen LogP contribution in [-0.2, 0) is 11.1 Å². The van der Waals surface area contributed by atoms with E-state index in [1.165, 1.54) is 0 Å². The lowest BCUT2D eigenvalue weighted by Crippen LogP contribution is -2.24. The summed E-state index contributed by atoms with van der Waals surface area (Å²) in [4.78, 5) is 9.05. The lowest BCUT2D eigenvalue weighted by molar-refractivity contribution is 0.455. The van der Waals surface area contributed by atoms with Gasteiger partial charge in [0, 0.05) is 22.9 Å². The maximum atomic E-state index is 10.9. The number of aromatic nitrogens is 2. The van der Waals surface area contributed by atoms with Gasteiger partial charge in [-0.2, -0.15) is 0 Å². The summed E-state index contributed by atoms with van der Waals surface area (Å²) < 4.78 is 23.7. The van der Waals surface area contributed by atoms with Gasteiger partial charge in [-0.15, -0.1) is 0 Å². The predicted octanol–water partition coefficient (Wildman–Crippen LogP) is 4.72. The van der Waals surface area contributed by atoms with E-state index in [4.69, 9.17) is 11.6 Å². The Balaban J connectivity index is 2.17. The molecule has 0 aliphatic carbocycles. The van der Waals surface area contributed by atoms with Crippen molar-refractivity contribution in [3.63, 3.8) is 0 Å². The monoisotopic (exact) mass is 435 g/mol. The van der Waals surface area contributed by atoms with Crippen molar-refractivity contribution in [3.05, 3.63) is 54.0 Å². The zero-order valence-electron chi connectivity index (χ0n) is 16.9. The van der Waals surface area contributed by atoms with Gasteiger partial charge in [-0.3, -0.25) is 14.6 Å². The molecule has 0 fully saturated rings. The smallest absolute Gasteiger partial charge is 0.139 e. The summed E-state index contributed by atoms with van der Waals surface area (Å²) >= 11 is 4.11. The molecule has 1 aromatic carbocycles. The standard InChI is InChI=1S/C21H29ClN4O2S/c1-4-6-8-17(11-12-29(27)28)14-24-21(5-2)25-26-16(3)23-15-20(26)18-9-7-10-19(22)13-18/h5,7,9-10,13,15,17H,2,4,6,8,11-12,14H2,1,3H3,(H,24,25)(H,27,28)/p-1. The number of aryl methyl sites for hydroxylation is 1. The zero-order valence-corrected chi connectivity index (χ0v) is 18.5. The van der Waals surface area contributed by atoms with E-state index in [0.717, 1.165) is 36.3 Å². The van der Waals surface area contributed by atoms with Crippen LogP contribution in [-0.4, -0.2) is 36.6 Å². The summed E-state index contributed by atoms with van der Waals surface area (Å²) in [6.45, 7) is 8.43. The van der Waals surface area contributed by atoms with Crippen LogP contribution in [0.1, 0.15) is 38.4 Å². The molecule has 0 saturated carbocycles. The van der Waals surface area contributed by atoms with Gasteiger partial charge >= 0.3 is 0 Å². The van der Waals surface area contributed by atoms with Gasteiger partial charge in [0.25, 0.3) is 0 Å². The first-order valence-electron chi connectivity index (χ1n) is 9.74. The second kappa shape index (κ2) is 11.9. The van der Waals surface area contributed by atoms with Crippen LogP contribution in [0.5, 0.6) is 0 Å². The summed E-state index contributed by atoms with van der Waals surface area (Å²) in [6.07, 6.45) is 7.14. The lowest BCUT2D eigenvalue weighted by Gasteiger charge is -2.17. The Morgan fingerprint density at radius 2 is 2.28 bits per heavy atom. The van der Waals surface area contributed by atoms with Gasteiger partial charge in [-0.1, -0.05) is 61.2 Å². The van der Waals surface area contributed by atoms with Crippen LogP contribution >= 0.6 is 11.6 Å². The molecule has 158 valence electrons. The summed E-state index contributed by atoms with van der Waals surface area (Å²) in [5.74, 6) is 1.78. The molecule has 2 atom stereocenters. The van der Waals surface area contributed by atoms with Gasteiger partial charge in [-0.05, 0) is 43.9 Å². The quantitative estimate of drug-likeness (QED) is 0.314. The fourth-order valence-electron chi connectivity index (χ4n) is 3.01. The Kier molecular flexibility index (Phi) is 9.57. The van der Waals surface area contributed by atoms with E-state index in [1.807, 2.05) is 35.9 Å². The molecule has 2 unspecified atom stereocenters. The number of hydrogen-bond donors (Lipinski definition) is 1. The molecule has 2 aromatic rings. The van der Waals surface area contributed by atoms with Gasteiger partial charge < -0.3 is 4.55 Å². The van der Waals surface area contributed by atoms with Crippen LogP contribution in [0.4, 0.5) is 0 Å². The fourth-order valence-corrected chi connectivity index (χ4v) is 3.72. The number of nitrogens with zero attached hydrogens (tertiary/aromatic N) is 3. The number of rotatable bonds is 11. The Hall–Kier alpha value is -1.96. The molecule has 6 nitrogen and oxygen atoms in total. The third-order valence-corrected chi connectivity index (χ3v) is 5.46. The molecule has 29 heavy (non-hydrogen) atoms. The number of nitrogens with one attached hydrogen (secondary N) is 1. The highest BCUT2D eigenvalue weighted by atomic mass is 35.5. The largest absolute Gasteiger partial charge is 0.772 e. The maximum absolute atomic E-state index is 10.9. The van der Waals surface area contributed by atoms with Gasteiger partial charge in [0.15, 0.2) is 0 Å². The minimum atomic E-state index is -2.02. The second-order valence-electron chi connectivity index (χ2n) is 6.88. The number of unbranched alkanes of at least 4 members (excludes halogenated alkanes) is 1. The molecule has 0 saturated heterocycles. The van der Waals surface area contributed by atoms with E-state index in [2.05, 4.69) is 28.9 Å². The molecule has 0 aliphatic rings. The predicted molar refractivity (Wildman–Crippen MR) is 121 cm³/mol. The fraction of sp³-hybridized carbons (Fsp3) is 0.429. The van der Waals surface area contributed by atoms with Crippen LogP contribution in [0.2, 0.25) is 5.02 Å². The first-order chi connectivity index (χ1) is 13.9. The van der Waals surface area contributed by atoms with Crippen LogP contribution in [0.3, 0.4) is 0 Å². The van der Waals surface area contributed by atoms with Crippen LogP contribution in [0, 0.1) is 12.8 Å². The van der Waals surface area contributed by atoms with E-state index in [1.54, 1.807) is 12.3 Å². The highest BCUT2D eigenvalue weighted by Gasteiger charge is 2.12. The minimum absolute atomic E-state index is 0.167. The zero-order chi connectivity index (χ0) is 21.2. The first kappa shape index (κ1) is 23.3. The molecule has 1 aromatic heterocycles. The molecule has 0 amide bonds. The number of imidazole rings is 1. The van der Waals surface area contributed by atoms with Crippen LogP contribution < -0.4 is 5.43 Å². The average molecular weight is 436 g/mol. The summed E-state index contributed by atoms with van der Waals surface area (Å²) in [6, 6.07) is 7.57. The van der Waals surface area contributed by atoms with Crippen molar-refractivity contribution in [3.8, 4) is 11.3 Å². The molecule has 0 radical (unpaired) electrons. The second-order valence-corrected chi connectivity index (χ2v) is 8.34. The maximum Gasteiger partial charge on any atom is 0.139 e. The molecule has 1 N–H and O–H groups in total. The van der Waals surface area contributed by atoms with Crippen molar-refractivity contribution in [2.75, 3.05) is 17.7 Å². The van der Waals surface area contributed by atoms with Gasteiger partial charge in [0.1, 0.15) is 11.7 Å². The van der Waals surface area contributed by atoms with E-state index in [-0.39, 0.29) is 11.7 Å². The third-order valence-electron chi connectivity index (χ3n) is 4.66. The van der Waals surface area contributed by atoms with Crippen molar-refractivity contribution < 1.29 is 8.76 Å². The SMILES string of the molecule is C=CC(=NCC(CCCC)CCS(=O)[O-])Nn1c(-c2cccc(Cl)c2)cnc1C. The number of halogens is 1. The Bertz CT molecular complexity index is 866. The molecular formula is C21H28ClN4O2S-. The Morgan fingerprint density at radius 3 is 2.93 bits per heavy atom. The number of amidine groups is 1. The lowest BCUT2D eigenvalue weighted by atomic mass is 9.99. The molecule has 0 bridgehead atoms. The van der Waals surface area contributed by atoms with Gasteiger partial charge in [0.05, 0.1) is 11.9 Å². The van der Waals surface area contributed by atoms with Crippen molar-refractivity contribution >= 4 is 28.5 Å². The van der Waals surface area contributed by atoms with Crippen LogP contribution in [0.15, 0.2) is 48.1 Å². The highest BCUT2D eigenvalue weighted by Crippen LogP contribution is 2.23. The third kappa shape index (κ3) is 7.42. The normalized spacial score (nSPS) is 13.9. The van der Waals surface area contributed by atoms with Crippen molar-refractivity contribution in [2.24, 2.45) is 10.9 Å². The van der Waals surface area contributed by atoms with Gasteiger partial charge in [-0.25, -0.2) is 9.66 Å². The molecule has 8 heteroatoms. The Labute approximate surface area is 180 Å². The summed E-state index contributed by atoms with van der Waals surface area (Å²) in [7, 11) is 0.